The number of nitrogens with zero attached hydrogens (tertiary/aromatic N) is 1. The van der Waals surface area contributed by atoms with E-state index < -0.39 is 0 Å². The van der Waals surface area contributed by atoms with Crippen LogP contribution in [0.5, 0.6) is 0 Å². The zero-order valence-electron chi connectivity index (χ0n) is 30.5. The van der Waals surface area contributed by atoms with Gasteiger partial charge in [0.2, 0.25) is 0 Å². The summed E-state index contributed by atoms with van der Waals surface area (Å²) in [5.41, 5.74) is 17.1. The van der Waals surface area contributed by atoms with Crippen LogP contribution in [0.3, 0.4) is 0 Å². The summed E-state index contributed by atoms with van der Waals surface area (Å²) < 4.78 is 0. The third-order valence-electron chi connectivity index (χ3n) is 9.56. The molecule has 0 heterocycles. The topological polar surface area (TPSA) is 3.24 Å². The van der Waals surface area contributed by atoms with Crippen molar-refractivity contribution in [2.24, 2.45) is 0 Å². The van der Waals surface area contributed by atoms with E-state index >= 15 is 0 Å². The molecule has 7 aromatic rings. The third-order valence-corrected chi connectivity index (χ3v) is 9.56. The first-order valence-electron chi connectivity index (χ1n) is 18.1. The quantitative estimate of drug-likeness (QED) is 0.103. The van der Waals surface area contributed by atoms with Crippen molar-refractivity contribution in [2.45, 2.75) is 33.6 Å². The molecule has 0 saturated carbocycles. The summed E-state index contributed by atoms with van der Waals surface area (Å²) in [4.78, 5) is 2.32. The van der Waals surface area contributed by atoms with Gasteiger partial charge in [0.05, 0.1) is 0 Å². The van der Waals surface area contributed by atoms with Crippen LogP contribution in [-0.4, -0.2) is 0 Å². The van der Waals surface area contributed by atoms with Crippen LogP contribution in [0.1, 0.15) is 67.1 Å². The monoisotopic (exact) mass is 671 g/mol. The highest BCUT2D eigenvalue weighted by atomic mass is 15.1. The maximum Gasteiger partial charge on any atom is 0.0464 e. The van der Waals surface area contributed by atoms with Gasteiger partial charge in [-0.2, -0.15) is 0 Å². The second-order valence-electron chi connectivity index (χ2n) is 13.9. The molecule has 7 aromatic carbocycles. The summed E-state index contributed by atoms with van der Waals surface area (Å²) in [6.45, 7) is 8.62. The Hall–Kier alpha value is -6.18. The first kappa shape index (κ1) is 34.3. The molecule has 7 rings (SSSR count). The number of hydrogen-bond acceptors (Lipinski definition) is 1. The van der Waals surface area contributed by atoms with Crippen molar-refractivity contribution < 1.29 is 0 Å². The van der Waals surface area contributed by atoms with E-state index in [4.69, 9.17) is 0 Å². The van der Waals surface area contributed by atoms with Crippen molar-refractivity contribution in [1.29, 1.82) is 0 Å². The molecule has 0 N–H and O–H groups in total. The molecule has 0 saturated heterocycles. The van der Waals surface area contributed by atoms with Crippen LogP contribution < -0.4 is 4.90 Å². The highest BCUT2D eigenvalue weighted by Crippen LogP contribution is 2.36. The van der Waals surface area contributed by atoms with E-state index in [1.54, 1.807) is 0 Å². The molecule has 0 unspecified atom stereocenters. The number of benzene rings is 7. The molecule has 0 spiro atoms. The zero-order valence-corrected chi connectivity index (χ0v) is 30.5. The summed E-state index contributed by atoms with van der Waals surface area (Å²) >= 11 is 0. The summed E-state index contributed by atoms with van der Waals surface area (Å²) in [7, 11) is 0. The predicted molar refractivity (Wildman–Crippen MR) is 225 cm³/mol. The lowest BCUT2D eigenvalue weighted by atomic mass is 9.84. The second kappa shape index (κ2) is 15.8. The van der Waals surface area contributed by atoms with E-state index in [0.717, 1.165) is 22.6 Å². The molecule has 0 aliphatic carbocycles. The molecule has 52 heavy (non-hydrogen) atoms. The minimum Gasteiger partial charge on any atom is -0.310 e. The van der Waals surface area contributed by atoms with Gasteiger partial charge in [0.1, 0.15) is 0 Å². The van der Waals surface area contributed by atoms with Crippen LogP contribution in [-0.2, 0) is 0 Å². The fraction of sp³-hybridized carbons (Fsp3) is 0.0980. The van der Waals surface area contributed by atoms with E-state index in [2.05, 4.69) is 227 Å². The van der Waals surface area contributed by atoms with Crippen LogP contribution in [0.25, 0.3) is 24.3 Å². The van der Waals surface area contributed by atoms with Crippen LogP contribution in [0, 0.1) is 27.7 Å². The Morgan fingerprint density at radius 1 is 0.327 bits per heavy atom. The third kappa shape index (κ3) is 8.40. The SMILES string of the molecule is Cc1cccc(C(c2ccc(C=Cc3ccc(C=Cc4ccc(N(c5cccc(C)c5)c5cccc(C)c5)cc4)cc3)cc2)c2cccc(C)c2)c1. The summed E-state index contributed by atoms with van der Waals surface area (Å²) in [6.07, 6.45) is 8.75. The Bertz CT molecular complexity index is 2060. The average Bonchev–Trinajstić information content (AvgIpc) is 3.15. The largest absolute Gasteiger partial charge is 0.310 e. The van der Waals surface area contributed by atoms with Crippen molar-refractivity contribution in [3.63, 3.8) is 0 Å². The lowest BCUT2D eigenvalue weighted by Crippen LogP contribution is -2.10. The normalized spacial score (nSPS) is 11.5. The maximum atomic E-state index is 2.32. The Labute approximate surface area is 309 Å². The van der Waals surface area contributed by atoms with Gasteiger partial charge in [0.25, 0.3) is 0 Å². The zero-order chi connectivity index (χ0) is 35.9. The molecule has 0 aliphatic rings. The Kier molecular flexibility index (Phi) is 10.4. The molecule has 1 nitrogen and oxygen atoms in total. The molecule has 0 radical (unpaired) electrons. The summed E-state index contributed by atoms with van der Waals surface area (Å²) in [5.74, 6) is 0.197. The maximum absolute atomic E-state index is 2.32. The van der Waals surface area contributed by atoms with Crippen LogP contribution >= 0.6 is 0 Å². The molecule has 0 fully saturated rings. The van der Waals surface area contributed by atoms with Crippen molar-refractivity contribution >= 4 is 41.4 Å². The van der Waals surface area contributed by atoms with Crippen molar-refractivity contribution in [2.75, 3.05) is 4.90 Å². The van der Waals surface area contributed by atoms with E-state index in [1.165, 1.54) is 55.6 Å². The first-order valence-corrected chi connectivity index (χ1v) is 18.1. The van der Waals surface area contributed by atoms with Gasteiger partial charge >= 0.3 is 0 Å². The standard InChI is InChI=1S/C51H45N/c1-37-9-5-13-46(33-37)51(47-14-6-10-38(2)34-47)45-29-25-43(26-30-45)23-21-41-17-19-42(20-18-41)22-24-44-27-31-48(32-28-44)52(49-15-7-11-39(3)35-49)50-16-8-12-40(4)36-50/h5-36,51H,1-4H3. The number of rotatable bonds is 10. The predicted octanol–water partition coefficient (Wildman–Crippen LogP) is 13.9. The summed E-state index contributed by atoms with van der Waals surface area (Å²) in [6, 6.07) is 61.6. The first-order chi connectivity index (χ1) is 25.4. The molecule has 1 heteroatoms. The highest BCUT2D eigenvalue weighted by Gasteiger charge is 2.17. The number of aryl methyl sites for hydroxylation is 4. The van der Waals surface area contributed by atoms with E-state index in [1.807, 2.05) is 0 Å². The van der Waals surface area contributed by atoms with Gasteiger partial charge in [-0.1, -0.05) is 169 Å². The Balaban J connectivity index is 1.03. The molecule has 0 amide bonds. The van der Waals surface area contributed by atoms with Gasteiger partial charge in [-0.15, -0.1) is 0 Å². The molecule has 0 aliphatic heterocycles. The minimum absolute atomic E-state index is 0.197. The summed E-state index contributed by atoms with van der Waals surface area (Å²) in [5, 5.41) is 0. The second-order valence-corrected chi connectivity index (χ2v) is 13.9. The Morgan fingerprint density at radius 3 is 1.06 bits per heavy atom. The van der Waals surface area contributed by atoms with Gasteiger partial charge in [-0.25, -0.2) is 0 Å². The van der Waals surface area contributed by atoms with Gasteiger partial charge < -0.3 is 4.90 Å². The smallest absolute Gasteiger partial charge is 0.0464 e. The average molecular weight is 672 g/mol. The van der Waals surface area contributed by atoms with E-state index in [-0.39, 0.29) is 5.92 Å². The van der Waals surface area contributed by atoms with Gasteiger partial charge in [-0.05, 0) is 114 Å². The Morgan fingerprint density at radius 2 is 0.673 bits per heavy atom. The van der Waals surface area contributed by atoms with Crippen LogP contribution in [0.2, 0.25) is 0 Å². The lowest BCUT2D eigenvalue weighted by Gasteiger charge is -2.26. The molecule has 0 bridgehead atoms. The fourth-order valence-corrected chi connectivity index (χ4v) is 6.90. The minimum atomic E-state index is 0.197. The molecular formula is C51H45N. The highest BCUT2D eigenvalue weighted by molar-refractivity contribution is 5.79. The number of anilines is 3. The lowest BCUT2D eigenvalue weighted by molar-refractivity contribution is 0.971. The van der Waals surface area contributed by atoms with Gasteiger partial charge in [0, 0.05) is 23.0 Å². The van der Waals surface area contributed by atoms with E-state index in [9.17, 15) is 0 Å². The van der Waals surface area contributed by atoms with Crippen LogP contribution in [0.15, 0.2) is 170 Å². The van der Waals surface area contributed by atoms with Crippen molar-refractivity contribution in [1.82, 2.24) is 0 Å². The molecule has 0 atom stereocenters. The van der Waals surface area contributed by atoms with Gasteiger partial charge in [0.15, 0.2) is 0 Å². The fourth-order valence-electron chi connectivity index (χ4n) is 6.90. The van der Waals surface area contributed by atoms with Crippen LogP contribution in [0.4, 0.5) is 17.1 Å². The number of hydrogen-bond donors (Lipinski definition) is 0. The van der Waals surface area contributed by atoms with Crippen molar-refractivity contribution in [3.8, 4) is 0 Å². The molecular weight excluding hydrogens is 627 g/mol. The van der Waals surface area contributed by atoms with Crippen molar-refractivity contribution in [3.05, 3.63) is 231 Å². The molecule has 254 valence electrons. The molecule has 0 aromatic heterocycles. The van der Waals surface area contributed by atoms with E-state index in [0.29, 0.717) is 0 Å². The van der Waals surface area contributed by atoms with Gasteiger partial charge in [-0.3, -0.25) is 0 Å².